The molecule has 0 spiro atoms. The van der Waals surface area contributed by atoms with E-state index in [9.17, 15) is 0 Å². The van der Waals surface area contributed by atoms with Crippen molar-refractivity contribution in [1.29, 1.82) is 0 Å². The highest BCUT2D eigenvalue weighted by Crippen LogP contribution is 2.27. The van der Waals surface area contributed by atoms with Crippen LogP contribution in [0.2, 0.25) is 5.02 Å². The van der Waals surface area contributed by atoms with Crippen LogP contribution in [0.3, 0.4) is 0 Å². The molecule has 0 radical (unpaired) electrons. The molecule has 0 N–H and O–H groups in total. The Kier molecular flexibility index (Phi) is 4.11. The number of rotatable bonds is 4. The summed E-state index contributed by atoms with van der Waals surface area (Å²) in [5, 5.41) is 8.60. The van der Waals surface area contributed by atoms with Gasteiger partial charge in [-0.3, -0.25) is 0 Å². The van der Waals surface area contributed by atoms with E-state index in [-0.39, 0.29) is 6.61 Å². The number of nitrogens with zero attached hydrogens (tertiary/aromatic N) is 2. The molecule has 0 aliphatic rings. The molecule has 0 atom stereocenters. The molecule has 0 aliphatic carbocycles. The first-order valence-corrected chi connectivity index (χ1v) is 7.29. The van der Waals surface area contributed by atoms with E-state index in [2.05, 4.69) is 10.2 Å². The van der Waals surface area contributed by atoms with E-state index in [1.807, 2.05) is 50.2 Å². The summed E-state index contributed by atoms with van der Waals surface area (Å²) in [6.45, 7) is 4.29. The van der Waals surface area contributed by atoms with Crippen molar-refractivity contribution in [3.8, 4) is 17.2 Å². The second-order valence-electron chi connectivity index (χ2n) is 4.97. The Balaban J connectivity index is 1.75. The van der Waals surface area contributed by atoms with Gasteiger partial charge in [-0.05, 0) is 43.2 Å². The number of halogens is 1. The van der Waals surface area contributed by atoms with Crippen molar-refractivity contribution in [2.45, 2.75) is 20.5 Å². The second-order valence-corrected chi connectivity index (χ2v) is 5.37. The Morgan fingerprint density at radius 3 is 2.68 bits per heavy atom. The maximum absolute atomic E-state index is 6.12. The molecule has 5 heteroatoms. The van der Waals surface area contributed by atoms with Gasteiger partial charge in [-0.1, -0.05) is 35.9 Å². The van der Waals surface area contributed by atoms with Gasteiger partial charge in [-0.15, -0.1) is 10.2 Å². The molecular weight excluding hydrogens is 300 g/mol. The Morgan fingerprint density at radius 1 is 1.05 bits per heavy atom. The molecule has 112 valence electrons. The monoisotopic (exact) mass is 314 g/mol. The number of hydrogen-bond acceptors (Lipinski definition) is 4. The van der Waals surface area contributed by atoms with Crippen molar-refractivity contribution >= 4 is 11.6 Å². The molecule has 4 nitrogen and oxygen atoms in total. The summed E-state index contributed by atoms with van der Waals surface area (Å²) in [7, 11) is 0. The highest BCUT2D eigenvalue weighted by molar-refractivity contribution is 6.33. The van der Waals surface area contributed by atoms with E-state index in [0.29, 0.717) is 16.8 Å². The average Bonchev–Trinajstić information content (AvgIpc) is 2.98. The van der Waals surface area contributed by atoms with Crippen molar-refractivity contribution in [3.63, 3.8) is 0 Å². The van der Waals surface area contributed by atoms with Crippen molar-refractivity contribution in [3.05, 3.63) is 64.5 Å². The Morgan fingerprint density at radius 2 is 1.86 bits per heavy atom. The molecule has 22 heavy (non-hydrogen) atoms. The minimum Gasteiger partial charge on any atom is -0.484 e. The van der Waals surface area contributed by atoms with Crippen molar-refractivity contribution in [2.75, 3.05) is 0 Å². The number of benzene rings is 2. The van der Waals surface area contributed by atoms with Gasteiger partial charge in [0.1, 0.15) is 5.75 Å². The third kappa shape index (κ3) is 2.97. The highest BCUT2D eigenvalue weighted by atomic mass is 35.5. The number of aryl methyl sites for hydroxylation is 1. The summed E-state index contributed by atoms with van der Waals surface area (Å²) < 4.78 is 11.4. The van der Waals surface area contributed by atoms with Crippen LogP contribution in [0.4, 0.5) is 0 Å². The third-order valence-electron chi connectivity index (χ3n) is 3.48. The lowest BCUT2D eigenvalue weighted by Crippen LogP contribution is -1.98. The van der Waals surface area contributed by atoms with Gasteiger partial charge in [0.05, 0.1) is 10.6 Å². The highest BCUT2D eigenvalue weighted by Gasteiger charge is 2.12. The van der Waals surface area contributed by atoms with Crippen LogP contribution in [-0.2, 0) is 6.61 Å². The first-order valence-electron chi connectivity index (χ1n) is 6.91. The van der Waals surface area contributed by atoms with Gasteiger partial charge in [0.25, 0.3) is 5.89 Å². The van der Waals surface area contributed by atoms with Crippen LogP contribution in [0.25, 0.3) is 11.5 Å². The van der Waals surface area contributed by atoms with Gasteiger partial charge in [0.2, 0.25) is 5.89 Å². The molecule has 0 fully saturated rings. The number of ether oxygens (including phenoxy) is 1. The number of hydrogen-bond donors (Lipinski definition) is 0. The van der Waals surface area contributed by atoms with E-state index in [1.165, 1.54) is 5.56 Å². The topological polar surface area (TPSA) is 48.2 Å². The summed E-state index contributed by atoms with van der Waals surface area (Å²) in [4.78, 5) is 0. The molecule has 0 aliphatic heterocycles. The van der Waals surface area contributed by atoms with Crippen LogP contribution in [-0.4, -0.2) is 10.2 Å². The summed E-state index contributed by atoms with van der Waals surface area (Å²) >= 11 is 6.12. The lowest BCUT2D eigenvalue weighted by molar-refractivity contribution is 0.263. The van der Waals surface area contributed by atoms with E-state index in [4.69, 9.17) is 20.8 Å². The summed E-state index contributed by atoms with van der Waals surface area (Å²) in [6, 6.07) is 13.3. The van der Waals surface area contributed by atoms with Gasteiger partial charge in [-0.2, -0.15) is 0 Å². The van der Waals surface area contributed by atoms with E-state index in [0.717, 1.165) is 16.9 Å². The fourth-order valence-electron chi connectivity index (χ4n) is 2.08. The van der Waals surface area contributed by atoms with E-state index < -0.39 is 0 Å². The largest absolute Gasteiger partial charge is 0.484 e. The normalized spacial score (nSPS) is 10.7. The molecule has 0 bridgehead atoms. The lowest BCUT2D eigenvalue weighted by atomic mass is 10.1. The molecule has 1 heterocycles. The predicted octanol–water partition coefficient (Wildman–Crippen LogP) is 4.59. The second kappa shape index (κ2) is 6.20. The zero-order chi connectivity index (χ0) is 15.5. The smallest absolute Gasteiger partial charge is 0.254 e. The van der Waals surface area contributed by atoms with Gasteiger partial charge in [0.15, 0.2) is 6.61 Å². The zero-order valence-corrected chi connectivity index (χ0v) is 13.1. The van der Waals surface area contributed by atoms with Crippen molar-refractivity contribution < 1.29 is 9.15 Å². The first kappa shape index (κ1) is 14.6. The molecule has 3 rings (SSSR count). The maximum atomic E-state index is 6.12. The Bertz CT molecular complexity index is 799. The summed E-state index contributed by atoms with van der Waals surface area (Å²) in [5.74, 6) is 1.62. The molecular formula is C17H15ClN2O2. The molecule has 1 aromatic heterocycles. The van der Waals surface area contributed by atoms with Crippen LogP contribution < -0.4 is 4.74 Å². The van der Waals surface area contributed by atoms with Gasteiger partial charge in [-0.25, -0.2) is 0 Å². The molecule has 0 amide bonds. The third-order valence-corrected chi connectivity index (χ3v) is 3.81. The van der Waals surface area contributed by atoms with Gasteiger partial charge in [0, 0.05) is 0 Å². The molecule has 0 saturated carbocycles. The van der Waals surface area contributed by atoms with Crippen molar-refractivity contribution in [2.24, 2.45) is 0 Å². The quantitative estimate of drug-likeness (QED) is 0.707. The van der Waals surface area contributed by atoms with Crippen LogP contribution >= 0.6 is 11.6 Å². The van der Waals surface area contributed by atoms with Crippen LogP contribution in [0.5, 0.6) is 5.75 Å². The predicted molar refractivity (Wildman–Crippen MR) is 85.0 cm³/mol. The Hall–Kier alpha value is -2.33. The van der Waals surface area contributed by atoms with E-state index in [1.54, 1.807) is 6.07 Å². The number of aromatic nitrogens is 2. The minimum absolute atomic E-state index is 0.224. The van der Waals surface area contributed by atoms with E-state index >= 15 is 0 Å². The standard InChI is InChI=1S/C17H15ClN2O2/c1-11-6-5-9-15(12(11)2)21-10-16-19-20-17(22-16)13-7-3-4-8-14(13)18/h3-9H,10H2,1-2H3. The molecule has 2 aromatic carbocycles. The lowest BCUT2D eigenvalue weighted by Gasteiger charge is -2.08. The van der Waals surface area contributed by atoms with Crippen LogP contribution in [0, 0.1) is 13.8 Å². The maximum Gasteiger partial charge on any atom is 0.254 e. The first-order chi connectivity index (χ1) is 10.6. The fraction of sp³-hybridized carbons (Fsp3) is 0.176. The fourth-order valence-corrected chi connectivity index (χ4v) is 2.29. The molecule has 0 unspecified atom stereocenters. The summed E-state index contributed by atoms with van der Waals surface area (Å²) in [6.07, 6.45) is 0. The van der Waals surface area contributed by atoms with Crippen LogP contribution in [0.15, 0.2) is 46.9 Å². The zero-order valence-electron chi connectivity index (χ0n) is 12.3. The summed E-state index contributed by atoms with van der Waals surface area (Å²) in [5.41, 5.74) is 3.00. The van der Waals surface area contributed by atoms with Crippen LogP contribution in [0.1, 0.15) is 17.0 Å². The van der Waals surface area contributed by atoms with Gasteiger partial charge >= 0.3 is 0 Å². The van der Waals surface area contributed by atoms with Gasteiger partial charge < -0.3 is 9.15 Å². The SMILES string of the molecule is Cc1cccc(OCc2nnc(-c3ccccc3Cl)o2)c1C. The average molecular weight is 315 g/mol. The minimum atomic E-state index is 0.224. The Labute approximate surface area is 133 Å². The molecule has 0 saturated heterocycles. The molecule has 3 aromatic rings. The van der Waals surface area contributed by atoms with Crippen molar-refractivity contribution in [1.82, 2.24) is 10.2 Å².